The van der Waals surface area contributed by atoms with E-state index < -0.39 is 21.9 Å². The van der Waals surface area contributed by atoms with Gasteiger partial charge < -0.3 is 0 Å². The van der Waals surface area contributed by atoms with Crippen molar-refractivity contribution < 1.29 is 12.8 Å². The van der Waals surface area contributed by atoms with Crippen LogP contribution in [0.2, 0.25) is 0 Å². The van der Waals surface area contributed by atoms with Crippen LogP contribution in [0, 0.1) is 17.1 Å². The Hall–Kier alpha value is -1.10. The van der Waals surface area contributed by atoms with Gasteiger partial charge in [0.25, 0.3) is 0 Å². The maximum absolute atomic E-state index is 12.9. The SMILES string of the molecule is CSC1(C(C#N)N(C)S(=O)(=O)c2ccc(F)cc2)CC1. The molecule has 1 aliphatic rings. The van der Waals surface area contributed by atoms with Crippen LogP contribution in [0.25, 0.3) is 0 Å². The first kappa shape index (κ1) is 15.3. The second kappa shape index (κ2) is 5.35. The first-order chi connectivity index (χ1) is 9.37. The van der Waals surface area contributed by atoms with Crippen LogP contribution in [0.15, 0.2) is 29.2 Å². The summed E-state index contributed by atoms with van der Waals surface area (Å²) in [5, 5.41) is 9.33. The van der Waals surface area contributed by atoms with Crippen LogP contribution in [0.5, 0.6) is 0 Å². The third-order valence-electron chi connectivity index (χ3n) is 3.62. The number of rotatable bonds is 5. The molecule has 0 spiro atoms. The lowest BCUT2D eigenvalue weighted by molar-refractivity contribution is 0.408. The molecule has 0 heterocycles. The Kier molecular flexibility index (Phi) is 4.09. The molecule has 0 radical (unpaired) electrons. The molecule has 1 unspecified atom stereocenters. The fraction of sp³-hybridized carbons (Fsp3) is 0.462. The van der Waals surface area contributed by atoms with E-state index in [1.54, 1.807) is 0 Å². The molecule has 0 aliphatic heterocycles. The van der Waals surface area contributed by atoms with Crippen molar-refractivity contribution in [2.75, 3.05) is 13.3 Å². The molecule has 1 aliphatic carbocycles. The molecule has 2 rings (SSSR count). The quantitative estimate of drug-likeness (QED) is 0.836. The minimum Gasteiger partial charge on any atom is -0.207 e. The summed E-state index contributed by atoms with van der Waals surface area (Å²) < 4.78 is 38.6. The number of hydrogen-bond acceptors (Lipinski definition) is 4. The van der Waals surface area contributed by atoms with Crippen LogP contribution in [0.1, 0.15) is 12.8 Å². The average Bonchev–Trinajstić information content (AvgIpc) is 3.21. The highest BCUT2D eigenvalue weighted by atomic mass is 32.2. The van der Waals surface area contributed by atoms with Crippen LogP contribution in [0.4, 0.5) is 4.39 Å². The second-order valence-electron chi connectivity index (χ2n) is 4.78. The highest BCUT2D eigenvalue weighted by Crippen LogP contribution is 2.51. The minimum atomic E-state index is -3.79. The number of sulfonamides is 1. The minimum absolute atomic E-state index is 0.00134. The topological polar surface area (TPSA) is 61.2 Å². The smallest absolute Gasteiger partial charge is 0.207 e. The van der Waals surface area contributed by atoms with E-state index in [0.29, 0.717) is 0 Å². The van der Waals surface area contributed by atoms with Crippen molar-refractivity contribution in [2.45, 2.75) is 28.5 Å². The van der Waals surface area contributed by atoms with Gasteiger partial charge in [-0.2, -0.15) is 21.3 Å². The first-order valence-electron chi connectivity index (χ1n) is 6.06. The Morgan fingerprint density at radius 3 is 2.35 bits per heavy atom. The number of nitriles is 1. The summed E-state index contributed by atoms with van der Waals surface area (Å²) in [6.07, 6.45) is 3.54. The van der Waals surface area contributed by atoms with E-state index in [1.165, 1.54) is 30.9 Å². The summed E-state index contributed by atoms with van der Waals surface area (Å²) in [6.45, 7) is 0. The lowest BCUT2D eigenvalue weighted by atomic mass is 10.2. The molecule has 0 aromatic heterocycles. The molecule has 0 bridgehead atoms. The van der Waals surface area contributed by atoms with Gasteiger partial charge in [0.05, 0.1) is 11.0 Å². The Morgan fingerprint density at radius 1 is 1.40 bits per heavy atom. The van der Waals surface area contributed by atoms with Gasteiger partial charge in [0.1, 0.15) is 11.9 Å². The van der Waals surface area contributed by atoms with Gasteiger partial charge in [-0.3, -0.25) is 0 Å². The summed E-state index contributed by atoms with van der Waals surface area (Å²) in [5.41, 5.74) is 0. The molecule has 108 valence electrons. The standard InChI is InChI=1S/C13H15FN2O2S2/c1-16(12(9-15)13(19-2)7-8-13)20(17,18)11-5-3-10(14)4-6-11/h3-6,12H,7-8H2,1-2H3. The molecule has 0 N–H and O–H groups in total. The van der Waals surface area contributed by atoms with Gasteiger partial charge in [0.15, 0.2) is 0 Å². The molecule has 1 aromatic rings. The average molecular weight is 314 g/mol. The summed E-state index contributed by atoms with van der Waals surface area (Å²) >= 11 is 1.52. The fourth-order valence-corrected chi connectivity index (χ4v) is 4.50. The third kappa shape index (κ3) is 2.55. The molecular formula is C13H15FN2O2S2. The van der Waals surface area contributed by atoms with Gasteiger partial charge in [0.2, 0.25) is 10.0 Å². The number of nitrogens with zero attached hydrogens (tertiary/aromatic N) is 2. The van der Waals surface area contributed by atoms with Crippen LogP contribution < -0.4 is 0 Å². The molecule has 0 saturated heterocycles. The number of hydrogen-bond donors (Lipinski definition) is 0. The largest absolute Gasteiger partial charge is 0.244 e. The van der Waals surface area contributed by atoms with Crippen LogP contribution in [-0.2, 0) is 10.0 Å². The zero-order chi connectivity index (χ0) is 15.0. The van der Waals surface area contributed by atoms with Crippen LogP contribution in [-0.4, -0.2) is 36.8 Å². The Balaban J connectivity index is 2.34. The van der Waals surface area contributed by atoms with Gasteiger partial charge in [-0.15, -0.1) is 0 Å². The molecular weight excluding hydrogens is 299 g/mol. The van der Waals surface area contributed by atoms with Crippen molar-refractivity contribution in [3.05, 3.63) is 30.1 Å². The van der Waals surface area contributed by atoms with Gasteiger partial charge in [-0.05, 0) is 43.4 Å². The van der Waals surface area contributed by atoms with Crippen molar-refractivity contribution in [3.8, 4) is 6.07 Å². The van der Waals surface area contributed by atoms with Crippen molar-refractivity contribution in [2.24, 2.45) is 0 Å². The second-order valence-corrected chi connectivity index (χ2v) is 7.99. The maximum Gasteiger partial charge on any atom is 0.244 e. The van der Waals surface area contributed by atoms with E-state index >= 15 is 0 Å². The van der Waals surface area contributed by atoms with Crippen LogP contribution >= 0.6 is 11.8 Å². The Labute approximate surface area is 122 Å². The van der Waals surface area contributed by atoms with Crippen molar-refractivity contribution >= 4 is 21.8 Å². The molecule has 1 fully saturated rings. The van der Waals surface area contributed by atoms with Crippen LogP contribution in [0.3, 0.4) is 0 Å². The zero-order valence-corrected chi connectivity index (χ0v) is 12.8. The predicted molar refractivity (Wildman–Crippen MR) is 76.2 cm³/mol. The molecule has 1 saturated carbocycles. The van der Waals surface area contributed by atoms with E-state index in [0.717, 1.165) is 29.3 Å². The van der Waals surface area contributed by atoms with Gasteiger partial charge in [-0.25, -0.2) is 12.8 Å². The maximum atomic E-state index is 12.9. The number of halogens is 1. The summed E-state index contributed by atoms with van der Waals surface area (Å²) in [7, 11) is -2.38. The monoisotopic (exact) mass is 314 g/mol. The summed E-state index contributed by atoms with van der Waals surface area (Å²) in [5.74, 6) is -0.494. The fourth-order valence-electron chi connectivity index (χ4n) is 2.15. The molecule has 1 atom stereocenters. The van der Waals surface area contributed by atoms with Gasteiger partial charge in [0, 0.05) is 11.8 Å². The van der Waals surface area contributed by atoms with E-state index in [2.05, 4.69) is 6.07 Å². The first-order valence-corrected chi connectivity index (χ1v) is 8.72. The van der Waals surface area contributed by atoms with E-state index in [4.69, 9.17) is 0 Å². The normalized spacial score (nSPS) is 18.6. The van der Waals surface area contributed by atoms with E-state index in [9.17, 15) is 18.1 Å². The van der Waals surface area contributed by atoms with Crippen molar-refractivity contribution in [1.29, 1.82) is 5.26 Å². The van der Waals surface area contributed by atoms with E-state index in [-0.39, 0.29) is 9.64 Å². The zero-order valence-electron chi connectivity index (χ0n) is 11.2. The molecule has 20 heavy (non-hydrogen) atoms. The molecule has 0 amide bonds. The molecule has 4 nitrogen and oxygen atoms in total. The molecule has 1 aromatic carbocycles. The number of thioether (sulfide) groups is 1. The van der Waals surface area contributed by atoms with Gasteiger partial charge >= 0.3 is 0 Å². The lowest BCUT2D eigenvalue weighted by Gasteiger charge is -2.28. The molecule has 7 heteroatoms. The van der Waals surface area contributed by atoms with E-state index in [1.807, 2.05) is 6.26 Å². The number of benzene rings is 1. The Morgan fingerprint density at radius 2 is 1.95 bits per heavy atom. The highest BCUT2D eigenvalue weighted by Gasteiger charge is 2.53. The Bertz CT molecular complexity index is 633. The highest BCUT2D eigenvalue weighted by molar-refractivity contribution is 8.00. The summed E-state index contributed by atoms with van der Waals surface area (Å²) in [6, 6.07) is 6.01. The van der Waals surface area contributed by atoms with Crippen molar-refractivity contribution in [1.82, 2.24) is 4.31 Å². The summed E-state index contributed by atoms with van der Waals surface area (Å²) in [4.78, 5) is -0.00134. The lowest BCUT2D eigenvalue weighted by Crippen LogP contribution is -2.43. The van der Waals surface area contributed by atoms with Crippen molar-refractivity contribution in [3.63, 3.8) is 0 Å². The predicted octanol–water partition coefficient (Wildman–Crippen LogP) is 2.23. The van der Waals surface area contributed by atoms with Gasteiger partial charge in [-0.1, -0.05) is 0 Å². The third-order valence-corrected chi connectivity index (χ3v) is 6.91.